The number of likely N-dealkylation sites (tertiary alicyclic amines) is 1. The van der Waals surface area contributed by atoms with Crippen molar-refractivity contribution in [3.8, 4) is 0 Å². The van der Waals surface area contributed by atoms with Crippen molar-refractivity contribution in [1.82, 2.24) is 9.80 Å². The van der Waals surface area contributed by atoms with E-state index < -0.39 is 17.9 Å². The molecule has 1 N–H and O–H groups in total. The first-order valence-electron chi connectivity index (χ1n) is 7.47. The van der Waals surface area contributed by atoms with E-state index in [9.17, 15) is 14.4 Å². The average Bonchev–Trinajstić information content (AvgIpc) is 3.29. The van der Waals surface area contributed by atoms with Crippen LogP contribution in [-0.2, 0) is 14.3 Å². The number of urea groups is 1. The molecule has 0 aromatic carbocycles. The lowest BCUT2D eigenvalue weighted by molar-refractivity contribution is -0.145. The lowest BCUT2D eigenvalue weighted by atomic mass is 9.98. The molecule has 7 heteroatoms. The van der Waals surface area contributed by atoms with Crippen molar-refractivity contribution in [2.24, 2.45) is 5.92 Å². The Labute approximate surface area is 123 Å². The van der Waals surface area contributed by atoms with Gasteiger partial charge in [-0.05, 0) is 32.6 Å². The molecule has 21 heavy (non-hydrogen) atoms. The standard InChI is InChI=1S/C14H22N2O5/c1-2-21-12(17)9-16(11-5-6-11)14(20)15-7-3-4-10(8-15)13(18)19/h10-11H,2-9H2,1H3,(H,18,19)/t10-/m1/s1. The van der Waals surface area contributed by atoms with Gasteiger partial charge >= 0.3 is 18.0 Å². The van der Waals surface area contributed by atoms with Crippen LogP contribution in [0.15, 0.2) is 0 Å². The quantitative estimate of drug-likeness (QED) is 0.763. The summed E-state index contributed by atoms with van der Waals surface area (Å²) in [5.74, 6) is -1.79. The van der Waals surface area contributed by atoms with Gasteiger partial charge in [-0.1, -0.05) is 0 Å². The van der Waals surface area contributed by atoms with Crippen molar-refractivity contribution in [3.63, 3.8) is 0 Å². The molecular weight excluding hydrogens is 276 g/mol. The van der Waals surface area contributed by atoms with Gasteiger partial charge in [0.25, 0.3) is 0 Å². The first kappa shape index (κ1) is 15.6. The van der Waals surface area contributed by atoms with Crippen LogP contribution in [0.3, 0.4) is 0 Å². The summed E-state index contributed by atoms with van der Waals surface area (Å²) in [5.41, 5.74) is 0. The Morgan fingerprint density at radius 3 is 2.57 bits per heavy atom. The summed E-state index contributed by atoms with van der Waals surface area (Å²) in [5, 5.41) is 9.09. The third kappa shape index (κ3) is 4.09. The number of carboxylic acid groups (broad SMARTS) is 1. The van der Waals surface area contributed by atoms with Gasteiger partial charge < -0.3 is 19.6 Å². The number of ether oxygens (including phenoxy) is 1. The minimum atomic E-state index is -0.865. The van der Waals surface area contributed by atoms with Crippen molar-refractivity contribution in [3.05, 3.63) is 0 Å². The molecule has 118 valence electrons. The maximum absolute atomic E-state index is 12.5. The van der Waals surface area contributed by atoms with Crippen LogP contribution in [0.25, 0.3) is 0 Å². The second-order valence-electron chi connectivity index (χ2n) is 5.57. The monoisotopic (exact) mass is 298 g/mol. The molecule has 2 aliphatic rings. The molecule has 2 rings (SSSR count). The number of aliphatic carboxylic acids is 1. The first-order chi connectivity index (χ1) is 10.0. The Kier molecular flexibility index (Phi) is 5.03. The Morgan fingerprint density at radius 1 is 1.29 bits per heavy atom. The predicted molar refractivity (Wildman–Crippen MR) is 73.7 cm³/mol. The van der Waals surface area contributed by atoms with Crippen molar-refractivity contribution in [1.29, 1.82) is 0 Å². The maximum atomic E-state index is 12.5. The molecule has 1 atom stereocenters. The lowest BCUT2D eigenvalue weighted by Crippen LogP contribution is -2.51. The van der Waals surface area contributed by atoms with Gasteiger partial charge in [-0.3, -0.25) is 9.59 Å². The van der Waals surface area contributed by atoms with Gasteiger partial charge in [-0.15, -0.1) is 0 Å². The van der Waals surface area contributed by atoms with Gasteiger partial charge in [0.15, 0.2) is 0 Å². The van der Waals surface area contributed by atoms with E-state index in [4.69, 9.17) is 9.84 Å². The van der Waals surface area contributed by atoms with E-state index in [-0.39, 0.29) is 31.8 Å². The Morgan fingerprint density at radius 2 is 2.00 bits per heavy atom. The highest BCUT2D eigenvalue weighted by atomic mass is 16.5. The maximum Gasteiger partial charge on any atom is 0.325 e. The normalized spacial score (nSPS) is 21.8. The number of carboxylic acids is 1. The summed E-state index contributed by atoms with van der Waals surface area (Å²) < 4.78 is 4.90. The number of esters is 1. The topological polar surface area (TPSA) is 87.2 Å². The first-order valence-corrected chi connectivity index (χ1v) is 7.47. The minimum Gasteiger partial charge on any atom is -0.481 e. The highest BCUT2D eigenvalue weighted by molar-refractivity contribution is 5.82. The molecule has 2 fully saturated rings. The van der Waals surface area contributed by atoms with Gasteiger partial charge in [0.05, 0.1) is 12.5 Å². The number of piperidine rings is 1. The molecule has 0 spiro atoms. The molecule has 1 heterocycles. The zero-order valence-electron chi connectivity index (χ0n) is 12.3. The second-order valence-corrected chi connectivity index (χ2v) is 5.57. The van der Waals surface area contributed by atoms with E-state index in [2.05, 4.69) is 0 Å². The molecule has 0 bridgehead atoms. The predicted octanol–water partition coefficient (Wildman–Crippen LogP) is 0.930. The van der Waals surface area contributed by atoms with Crippen LogP contribution in [0.1, 0.15) is 32.6 Å². The van der Waals surface area contributed by atoms with Gasteiger partial charge in [-0.25, -0.2) is 4.79 Å². The molecule has 7 nitrogen and oxygen atoms in total. The minimum absolute atomic E-state index is 0.0500. The Balaban J connectivity index is 1.97. The number of rotatable bonds is 5. The van der Waals surface area contributed by atoms with Crippen molar-refractivity contribution in [2.45, 2.75) is 38.6 Å². The van der Waals surface area contributed by atoms with Crippen LogP contribution >= 0.6 is 0 Å². The fourth-order valence-electron chi connectivity index (χ4n) is 2.62. The number of carbonyl (C=O) groups is 3. The smallest absolute Gasteiger partial charge is 0.325 e. The molecule has 0 aromatic rings. The van der Waals surface area contributed by atoms with Gasteiger partial charge in [0, 0.05) is 19.1 Å². The van der Waals surface area contributed by atoms with Gasteiger partial charge in [-0.2, -0.15) is 0 Å². The lowest BCUT2D eigenvalue weighted by Gasteiger charge is -2.35. The fraction of sp³-hybridized carbons (Fsp3) is 0.786. The molecular formula is C14H22N2O5. The summed E-state index contributed by atoms with van der Waals surface area (Å²) in [6.07, 6.45) is 3.06. The van der Waals surface area contributed by atoms with Crippen molar-refractivity contribution >= 4 is 18.0 Å². The summed E-state index contributed by atoms with van der Waals surface area (Å²) in [6, 6.07) is -0.149. The number of amides is 2. The van der Waals surface area contributed by atoms with Crippen LogP contribution in [-0.4, -0.2) is 65.2 Å². The fourth-order valence-corrected chi connectivity index (χ4v) is 2.62. The molecule has 2 amide bonds. The van der Waals surface area contributed by atoms with E-state index in [1.165, 1.54) is 4.90 Å². The molecule has 1 saturated carbocycles. The van der Waals surface area contributed by atoms with E-state index in [1.807, 2.05) is 0 Å². The molecule has 0 unspecified atom stereocenters. The summed E-state index contributed by atoms with van der Waals surface area (Å²) in [7, 11) is 0. The van der Waals surface area contributed by atoms with Crippen LogP contribution in [0.5, 0.6) is 0 Å². The average molecular weight is 298 g/mol. The molecule has 0 aromatic heterocycles. The third-order valence-electron chi connectivity index (χ3n) is 3.88. The van der Waals surface area contributed by atoms with Gasteiger partial charge in [0.1, 0.15) is 6.54 Å². The van der Waals surface area contributed by atoms with Crippen LogP contribution < -0.4 is 0 Å². The third-order valence-corrected chi connectivity index (χ3v) is 3.88. The highest BCUT2D eigenvalue weighted by Gasteiger charge is 2.38. The summed E-state index contributed by atoms with van der Waals surface area (Å²) in [4.78, 5) is 38.3. The Hall–Kier alpha value is -1.79. The number of carbonyl (C=O) groups excluding carboxylic acids is 2. The van der Waals surface area contributed by atoms with Gasteiger partial charge in [0.2, 0.25) is 0 Å². The molecule has 1 aliphatic heterocycles. The van der Waals surface area contributed by atoms with E-state index >= 15 is 0 Å². The van der Waals surface area contributed by atoms with Crippen molar-refractivity contribution < 1.29 is 24.2 Å². The zero-order valence-corrected chi connectivity index (χ0v) is 12.3. The molecule has 0 radical (unpaired) electrons. The van der Waals surface area contributed by atoms with Crippen LogP contribution in [0.4, 0.5) is 4.79 Å². The summed E-state index contributed by atoms with van der Waals surface area (Å²) in [6.45, 7) is 2.74. The zero-order chi connectivity index (χ0) is 15.4. The number of nitrogens with zero attached hydrogens (tertiary/aromatic N) is 2. The SMILES string of the molecule is CCOC(=O)CN(C(=O)N1CCC[C@@H](C(=O)O)C1)C1CC1. The van der Waals surface area contributed by atoms with Crippen molar-refractivity contribution in [2.75, 3.05) is 26.2 Å². The largest absolute Gasteiger partial charge is 0.481 e. The molecule has 1 aliphatic carbocycles. The highest BCUT2D eigenvalue weighted by Crippen LogP contribution is 2.29. The Bertz CT molecular complexity index is 422. The van der Waals surface area contributed by atoms with E-state index in [0.717, 1.165) is 12.8 Å². The molecule has 1 saturated heterocycles. The number of hydrogen-bond donors (Lipinski definition) is 1. The summed E-state index contributed by atoms with van der Waals surface area (Å²) >= 11 is 0. The van der Waals surface area contributed by atoms with E-state index in [0.29, 0.717) is 19.4 Å². The number of hydrogen-bond acceptors (Lipinski definition) is 4. The second kappa shape index (κ2) is 6.78. The van der Waals surface area contributed by atoms with E-state index in [1.54, 1.807) is 11.8 Å². The van der Waals surface area contributed by atoms with Crippen LogP contribution in [0.2, 0.25) is 0 Å². The van der Waals surface area contributed by atoms with Crippen LogP contribution in [0, 0.1) is 5.92 Å².